The molecule has 0 aliphatic carbocycles. The number of methoxy groups -OCH3 is 1. The highest BCUT2D eigenvalue weighted by atomic mass is 16.5. The summed E-state index contributed by atoms with van der Waals surface area (Å²) in [5, 5.41) is 9.16. The summed E-state index contributed by atoms with van der Waals surface area (Å²) in [6.07, 6.45) is 1.54. The van der Waals surface area contributed by atoms with Gasteiger partial charge in [0, 0.05) is 25.8 Å². The molecule has 5 heteroatoms. The Hall–Kier alpha value is -1.20. The first-order valence-corrected chi connectivity index (χ1v) is 4.96. The van der Waals surface area contributed by atoms with Gasteiger partial charge in [-0.3, -0.25) is 9.88 Å². The Morgan fingerprint density at radius 1 is 1.60 bits per heavy atom. The zero-order valence-electron chi connectivity index (χ0n) is 8.97. The smallest absolute Gasteiger partial charge is 0.236 e. The van der Waals surface area contributed by atoms with Gasteiger partial charge < -0.3 is 9.84 Å². The van der Waals surface area contributed by atoms with Crippen LogP contribution in [-0.2, 0) is 6.54 Å². The standard InChI is InChI=1S/C10H15N3O2/c1-7-3-11-9(10(12-7)15-2)6-13-4-8(14)5-13/h3,8,14H,4-6H2,1-2H3. The monoisotopic (exact) mass is 209 g/mol. The van der Waals surface area contributed by atoms with Crippen molar-refractivity contribution in [3.63, 3.8) is 0 Å². The van der Waals surface area contributed by atoms with Crippen molar-refractivity contribution < 1.29 is 9.84 Å². The molecule has 1 N–H and O–H groups in total. The number of aryl methyl sites for hydroxylation is 1. The maximum absolute atomic E-state index is 9.16. The van der Waals surface area contributed by atoms with Crippen LogP contribution in [0.4, 0.5) is 0 Å². The second kappa shape index (κ2) is 4.12. The maximum atomic E-state index is 9.16. The van der Waals surface area contributed by atoms with Crippen LogP contribution in [0.15, 0.2) is 6.20 Å². The number of rotatable bonds is 3. The lowest BCUT2D eigenvalue weighted by atomic mass is 10.1. The number of aromatic nitrogens is 2. The third-order valence-corrected chi connectivity index (χ3v) is 2.44. The van der Waals surface area contributed by atoms with E-state index in [2.05, 4.69) is 14.9 Å². The molecule has 1 saturated heterocycles. The molecule has 0 spiro atoms. The van der Waals surface area contributed by atoms with Gasteiger partial charge in [0.25, 0.3) is 0 Å². The van der Waals surface area contributed by atoms with Crippen LogP contribution in [-0.4, -0.2) is 46.3 Å². The largest absolute Gasteiger partial charge is 0.480 e. The van der Waals surface area contributed by atoms with E-state index in [1.165, 1.54) is 0 Å². The van der Waals surface area contributed by atoms with Gasteiger partial charge in [-0.15, -0.1) is 0 Å². The number of hydrogen-bond acceptors (Lipinski definition) is 5. The van der Waals surface area contributed by atoms with E-state index in [4.69, 9.17) is 9.84 Å². The van der Waals surface area contributed by atoms with Gasteiger partial charge in [0.15, 0.2) is 0 Å². The van der Waals surface area contributed by atoms with E-state index in [1.807, 2.05) is 6.92 Å². The molecule has 82 valence electrons. The van der Waals surface area contributed by atoms with E-state index in [9.17, 15) is 0 Å². The first-order chi connectivity index (χ1) is 7.19. The average molecular weight is 209 g/mol. The van der Waals surface area contributed by atoms with Gasteiger partial charge in [0.2, 0.25) is 5.88 Å². The van der Waals surface area contributed by atoms with Crippen LogP contribution in [0, 0.1) is 6.92 Å². The van der Waals surface area contributed by atoms with Crippen LogP contribution in [0.1, 0.15) is 11.4 Å². The number of aliphatic hydroxyl groups is 1. The number of ether oxygens (including phenoxy) is 1. The topological polar surface area (TPSA) is 58.5 Å². The summed E-state index contributed by atoms with van der Waals surface area (Å²) in [4.78, 5) is 10.6. The molecule has 0 radical (unpaired) electrons. The van der Waals surface area contributed by atoms with E-state index >= 15 is 0 Å². The zero-order chi connectivity index (χ0) is 10.8. The van der Waals surface area contributed by atoms with E-state index in [0.29, 0.717) is 25.5 Å². The van der Waals surface area contributed by atoms with Crippen molar-refractivity contribution in [1.29, 1.82) is 0 Å². The summed E-state index contributed by atoms with van der Waals surface area (Å²) in [5.41, 5.74) is 1.68. The van der Waals surface area contributed by atoms with Crippen LogP contribution in [0.25, 0.3) is 0 Å². The minimum Gasteiger partial charge on any atom is -0.480 e. The molecule has 15 heavy (non-hydrogen) atoms. The molecule has 1 fully saturated rings. The molecule has 0 amide bonds. The second-order valence-electron chi connectivity index (χ2n) is 3.82. The number of aliphatic hydroxyl groups excluding tert-OH is 1. The van der Waals surface area contributed by atoms with Crippen molar-refractivity contribution in [2.24, 2.45) is 0 Å². The van der Waals surface area contributed by atoms with Crippen molar-refractivity contribution in [2.45, 2.75) is 19.6 Å². The quantitative estimate of drug-likeness (QED) is 0.757. The predicted octanol–water partition coefficient (Wildman–Crippen LogP) is -0.0299. The maximum Gasteiger partial charge on any atom is 0.236 e. The van der Waals surface area contributed by atoms with Gasteiger partial charge in [-0.2, -0.15) is 0 Å². The molecule has 1 aliphatic heterocycles. The fraction of sp³-hybridized carbons (Fsp3) is 0.600. The summed E-state index contributed by atoms with van der Waals surface area (Å²) in [5.74, 6) is 0.580. The highest BCUT2D eigenvalue weighted by molar-refractivity contribution is 5.20. The lowest BCUT2D eigenvalue weighted by Crippen LogP contribution is -2.50. The van der Waals surface area contributed by atoms with Crippen LogP contribution < -0.4 is 4.74 Å². The van der Waals surface area contributed by atoms with E-state index < -0.39 is 0 Å². The highest BCUT2D eigenvalue weighted by Crippen LogP contribution is 2.18. The normalized spacial score (nSPS) is 17.5. The van der Waals surface area contributed by atoms with Crippen LogP contribution in [0.2, 0.25) is 0 Å². The highest BCUT2D eigenvalue weighted by Gasteiger charge is 2.25. The third-order valence-electron chi connectivity index (χ3n) is 2.44. The molecule has 2 heterocycles. The van der Waals surface area contributed by atoms with E-state index in [-0.39, 0.29) is 6.10 Å². The molecule has 1 aromatic rings. The van der Waals surface area contributed by atoms with Gasteiger partial charge in [-0.1, -0.05) is 0 Å². The van der Waals surface area contributed by atoms with Gasteiger partial charge in [-0.25, -0.2) is 4.98 Å². The first-order valence-electron chi connectivity index (χ1n) is 4.96. The van der Waals surface area contributed by atoms with Crippen molar-refractivity contribution in [3.8, 4) is 5.88 Å². The molecule has 2 rings (SSSR count). The minimum absolute atomic E-state index is 0.186. The van der Waals surface area contributed by atoms with Crippen LogP contribution >= 0.6 is 0 Å². The molecule has 1 aliphatic rings. The van der Waals surface area contributed by atoms with Gasteiger partial charge in [0.1, 0.15) is 5.69 Å². The molecule has 0 saturated carbocycles. The van der Waals surface area contributed by atoms with Crippen LogP contribution in [0.3, 0.4) is 0 Å². The predicted molar refractivity (Wildman–Crippen MR) is 54.6 cm³/mol. The Kier molecular flexibility index (Phi) is 2.83. The summed E-state index contributed by atoms with van der Waals surface area (Å²) >= 11 is 0. The van der Waals surface area contributed by atoms with E-state index in [0.717, 1.165) is 11.4 Å². The number of nitrogens with zero attached hydrogens (tertiary/aromatic N) is 3. The van der Waals surface area contributed by atoms with Crippen molar-refractivity contribution in [1.82, 2.24) is 14.9 Å². The summed E-state index contributed by atoms with van der Waals surface area (Å²) in [6.45, 7) is 3.98. The summed E-state index contributed by atoms with van der Waals surface area (Å²) in [7, 11) is 1.60. The fourth-order valence-electron chi connectivity index (χ4n) is 1.64. The summed E-state index contributed by atoms with van der Waals surface area (Å²) < 4.78 is 5.16. The molecule has 1 aromatic heterocycles. The number of likely N-dealkylation sites (tertiary alicyclic amines) is 1. The Morgan fingerprint density at radius 3 is 2.93 bits per heavy atom. The molecular formula is C10H15N3O2. The molecule has 0 bridgehead atoms. The number of hydrogen-bond donors (Lipinski definition) is 1. The molecule has 0 aromatic carbocycles. The van der Waals surface area contributed by atoms with Gasteiger partial charge in [0.05, 0.1) is 18.9 Å². The Morgan fingerprint density at radius 2 is 2.33 bits per heavy atom. The van der Waals surface area contributed by atoms with Crippen molar-refractivity contribution >= 4 is 0 Å². The second-order valence-corrected chi connectivity index (χ2v) is 3.82. The fourth-order valence-corrected chi connectivity index (χ4v) is 1.64. The van der Waals surface area contributed by atoms with Crippen LogP contribution in [0.5, 0.6) is 5.88 Å². The van der Waals surface area contributed by atoms with Gasteiger partial charge >= 0.3 is 0 Å². The Balaban J connectivity index is 2.07. The Bertz CT molecular complexity index is 351. The van der Waals surface area contributed by atoms with Crippen molar-refractivity contribution in [2.75, 3.05) is 20.2 Å². The SMILES string of the molecule is COc1nc(C)cnc1CN1CC(O)C1. The minimum atomic E-state index is -0.186. The summed E-state index contributed by atoms with van der Waals surface area (Å²) in [6, 6.07) is 0. The Labute approximate surface area is 88.7 Å². The number of β-amino-alcohol motifs (C(OH)–C–C–N with tert-alkyl or cyclic N) is 1. The first kappa shape index (κ1) is 10.3. The van der Waals surface area contributed by atoms with Gasteiger partial charge in [-0.05, 0) is 6.92 Å². The zero-order valence-corrected chi connectivity index (χ0v) is 8.97. The van der Waals surface area contributed by atoms with Crippen molar-refractivity contribution in [3.05, 3.63) is 17.6 Å². The molecule has 0 unspecified atom stereocenters. The lowest BCUT2D eigenvalue weighted by molar-refractivity contribution is -0.00404. The lowest BCUT2D eigenvalue weighted by Gasteiger charge is -2.35. The molecule has 5 nitrogen and oxygen atoms in total. The molecule has 0 atom stereocenters. The third kappa shape index (κ3) is 2.24. The van der Waals surface area contributed by atoms with E-state index in [1.54, 1.807) is 13.3 Å². The molecular weight excluding hydrogens is 194 g/mol. The average Bonchev–Trinajstić information content (AvgIpc) is 2.18.